The van der Waals surface area contributed by atoms with Gasteiger partial charge in [-0.1, -0.05) is 291 Å². The maximum Gasteiger partial charge on any atom is 0.0667 e. The largest absolute Gasteiger partial charge is 0.392 e. The summed E-state index contributed by atoms with van der Waals surface area (Å²) in [5, 5.41) is 57.0. The monoisotopic (exact) mass is 1150 g/mol. The predicted molar refractivity (Wildman–Crippen MR) is 353 cm³/mol. The van der Waals surface area contributed by atoms with E-state index < -0.39 is 0 Å². The molecule has 0 aromatic carbocycles. The van der Waals surface area contributed by atoms with Gasteiger partial charge in [-0.2, -0.15) is 0 Å². The standard InChI is InChI=1S/C71H147N5O5/c1-6-11-16-21-26-31-36-41-47-67(77)62-74-59-56-73(57-60-74)55-54-72(58-61-76(65-70(80)50-44-39-34-29-24-19-14-9-4)66-71(81)51-45-40-35-30-25-20-15-10-5)52-46-53-75(63-68(78)48-42-37-32-27-22-17-12-7-2)64-69(79)49-43-38-33-28-23-18-13-8-3/h67-71,77-81H,6-66H2,1-5H3. The summed E-state index contributed by atoms with van der Waals surface area (Å²) in [4.78, 5) is 12.5. The molecule has 1 aliphatic rings. The van der Waals surface area contributed by atoms with Crippen molar-refractivity contribution < 1.29 is 25.5 Å². The molecule has 10 heteroatoms. The molecule has 0 aromatic rings. The van der Waals surface area contributed by atoms with Gasteiger partial charge in [0.05, 0.1) is 30.5 Å². The maximum atomic E-state index is 11.5. The van der Waals surface area contributed by atoms with Crippen molar-refractivity contribution in [3.05, 3.63) is 0 Å². The number of aliphatic hydroxyl groups excluding tert-OH is 5. The van der Waals surface area contributed by atoms with Gasteiger partial charge in [-0.05, 0) is 51.6 Å². The van der Waals surface area contributed by atoms with Crippen molar-refractivity contribution in [2.45, 2.75) is 360 Å². The molecule has 0 amide bonds. The van der Waals surface area contributed by atoms with Crippen LogP contribution in [0.2, 0.25) is 0 Å². The van der Waals surface area contributed by atoms with Crippen molar-refractivity contribution in [1.82, 2.24) is 24.5 Å². The van der Waals surface area contributed by atoms with Crippen molar-refractivity contribution in [2.24, 2.45) is 0 Å². The second-order valence-corrected chi connectivity index (χ2v) is 26.4. The van der Waals surface area contributed by atoms with Crippen LogP contribution >= 0.6 is 0 Å². The lowest BCUT2D eigenvalue weighted by molar-refractivity contribution is 0.0472. The van der Waals surface area contributed by atoms with E-state index in [-0.39, 0.29) is 30.5 Å². The van der Waals surface area contributed by atoms with Gasteiger partial charge in [-0.15, -0.1) is 0 Å². The van der Waals surface area contributed by atoms with Crippen LogP contribution in [0, 0.1) is 0 Å². The first kappa shape index (κ1) is 78.6. The summed E-state index contributed by atoms with van der Waals surface area (Å²) in [6.45, 7) is 24.3. The fraction of sp³-hybridized carbons (Fsp3) is 1.00. The molecule has 0 aromatic heterocycles. The Morgan fingerprint density at radius 3 is 0.790 bits per heavy atom. The van der Waals surface area contributed by atoms with Crippen molar-refractivity contribution in [2.75, 3.05) is 98.2 Å². The SMILES string of the molecule is CCCCCCCCCCC(O)CN1CCN(CCN(CCCN(CC(O)CCCCCCCCCC)CC(O)CCCCCCCCCC)CCN(CC(O)CCCCCCCCCC)CC(O)CCCCCCCCCC)CC1. The Kier molecular flexibility index (Phi) is 58.1. The van der Waals surface area contributed by atoms with Crippen LogP contribution in [0.5, 0.6) is 0 Å². The summed E-state index contributed by atoms with van der Waals surface area (Å²) in [5.74, 6) is 0. The highest BCUT2D eigenvalue weighted by Gasteiger charge is 2.23. The zero-order valence-corrected chi connectivity index (χ0v) is 55.5. The Morgan fingerprint density at radius 1 is 0.247 bits per heavy atom. The number of hydrogen-bond acceptors (Lipinski definition) is 10. The zero-order valence-electron chi connectivity index (χ0n) is 55.5. The number of nitrogens with zero attached hydrogens (tertiary/aromatic N) is 5. The average Bonchev–Trinajstić information content (AvgIpc) is 3.45. The third-order valence-corrected chi connectivity index (χ3v) is 18.2. The van der Waals surface area contributed by atoms with Crippen LogP contribution in [0.15, 0.2) is 0 Å². The Bertz CT molecular complexity index is 1170. The van der Waals surface area contributed by atoms with Crippen molar-refractivity contribution in [3.8, 4) is 0 Å². The summed E-state index contributed by atoms with van der Waals surface area (Å²) in [5.41, 5.74) is 0. The minimum atomic E-state index is -0.382. The Labute approximate surface area is 506 Å². The number of hydrogen-bond donors (Lipinski definition) is 5. The molecule has 1 saturated heterocycles. The van der Waals surface area contributed by atoms with Gasteiger partial charge in [-0.25, -0.2) is 0 Å². The molecule has 0 radical (unpaired) electrons. The molecule has 0 spiro atoms. The fourth-order valence-electron chi connectivity index (χ4n) is 12.6. The first-order valence-electron chi connectivity index (χ1n) is 36.7. The van der Waals surface area contributed by atoms with Crippen LogP contribution in [0.25, 0.3) is 0 Å². The molecule has 5 N–H and O–H groups in total. The summed E-state index contributed by atoms with van der Waals surface area (Å²) >= 11 is 0. The number of piperazine rings is 1. The lowest BCUT2D eigenvalue weighted by atomic mass is 10.0. The van der Waals surface area contributed by atoms with Crippen molar-refractivity contribution in [3.63, 3.8) is 0 Å². The van der Waals surface area contributed by atoms with E-state index in [2.05, 4.69) is 59.1 Å². The van der Waals surface area contributed by atoms with Crippen LogP contribution in [-0.4, -0.2) is 179 Å². The van der Waals surface area contributed by atoms with Gasteiger partial charge < -0.3 is 30.4 Å². The highest BCUT2D eigenvalue weighted by atomic mass is 16.3. The molecule has 81 heavy (non-hydrogen) atoms. The lowest BCUT2D eigenvalue weighted by Crippen LogP contribution is -2.50. The average molecular weight is 1150 g/mol. The van der Waals surface area contributed by atoms with E-state index in [0.717, 1.165) is 143 Å². The summed E-state index contributed by atoms with van der Waals surface area (Å²) in [6, 6.07) is 0. The van der Waals surface area contributed by atoms with E-state index in [1.165, 1.54) is 225 Å². The molecule has 5 unspecified atom stereocenters. The topological polar surface area (TPSA) is 117 Å². The van der Waals surface area contributed by atoms with Crippen LogP contribution in [0.3, 0.4) is 0 Å². The molecule has 1 fully saturated rings. The second-order valence-electron chi connectivity index (χ2n) is 26.4. The van der Waals surface area contributed by atoms with Crippen LogP contribution in [0.1, 0.15) is 330 Å². The van der Waals surface area contributed by atoms with Crippen LogP contribution in [-0.2, 0) is 0 Å². The molecular formula is C71H147N5O5. The van der Waals surface area contributed by atoms with E-state index in [1.807, 2.05) is 0 Å². The van der Waals surface area contributed by atoms with E-state index in [0.29, 0.717) is 26.2 Å². The molecule has 0 aliphatic carbocycles. The molecular weight excluding hydrogens is 1000 g/mol. The number of aliphatic hydroxyl groups is 5. The Morgan fingerprint density at radius 2 is 0.481 bits per heavy atom. The summed E-state index contributed by atoms with van der Waals surface area (Å²) < 4.78 is 0. The first-order valence-corrected chi connectivity index (χ1v) is 36.7. The quantitative estimate of drug-likeness (QED) is 0.0377. The van der Waals surface area contributed by atoms with Crippen molar-refractivity contribution in [1.29, 1.82) is 0 Å². The summed E-state index contributed by atoms with van der Waals surface area (Å²) in [7, 11) is 0. The molecule has 486 valence electrons. The minimum Gasteiger partial charge on any atom is -0.392 e. The first-order chi connectivity index (χ1) is 39.6. The Hall–Kier alpha value is -0.400. The van der Waals surface area contributed by atoms with Crippen LogP contribution < -0.4 is 0 Å². The summed E-state index contributed by atoms with van der Waals surface area (Å²) in [6.07, 6.45) is 54.4. The van der Waals surface area contributed by atoms with E-state index >= 15 is 0 Å². The van der Waals surface area contributed by atoms with Gasteiger partial charge in [0.15, 0.2) is 0 Å². The van der Waals surface area contributed by atoms with Gasteiger partial charge in [0.2, 0.25) is 0 Å². The normalized spacial score (nSPS) is 15.7. The van der Waals surface area contributed by atoms with E-state index in [4.69, 9.17) is 0 Å². The molecule has 1 aliphatic heterocycles. The Balaban J connectivity index is 3.10. The number of unbranched alkanes of at least 4 members (excludes halogenated alkanes) is 35. The minimum absolute atomic E-state index is 0.232. The van der Waals surface area contributed by atoms with Gasteiger partial charge in [0.25, 0.3) is 0 Å². The maximum absolute atomic E-state index is 11.5. The highest BCUT2D eigenvalue weighted by molar-refractivity contribution is 4.78. The fourth-order valence-corrected chi connectivity index (χ4v) is 12.6. The van der Waals surface area contributed by atoms with Gasteiger partial charge >= 0.3 is 0 Å². The predicted octanol–water partition coefficient (Wildman–Crippen LogP) is 16.4. The molecule has 1 rings (SSSR count). The molecule has 10 nitrogen and oxygen atoms in total. The third-order valence-electron chi connectivity index (χ3n) is 18.2. The van der Waals surface area contributed by atoms with Gasteiger partial charge in [0, 0.05) is 85.1 Å². The smallest absolute Gasteiger partial charge is 0.0667 e. The van der Waals surface area contributed by atoms with Gasteiger partial charge in [-0.3, -0.25) is 19.6 Å². The van der Waals surface area contributed by atoms with Gasteiger partial charge in [0.1, 0.15) is 0 Å². The molecule has 0 bridgehead atoms. The van der Waals surface area contributed by atoms with Crippen molar-refractivity contribution >= 4 is 0 Å². The number of β-amino-alcohol motifs (C(OH)–C–C–N with tert-alkyl or cyclic N) is 1. The molecule has 5 atom stereocenters. The van der Waals surface area contributed by atoms with E-state index in [1.54, 1.807) is 0 Å². The third kappa shape index (κ3) is 52.4. The number of rotatable bonds is 65. The molecule has 1 heterocycles. The van der Waals surface area contributed by atoms with E-state index in [9.17, 15) is 25.5 Å². The zero-order chi connectivity index (χ0) is 58.9. The molecule has 0 saturated carbocycles. The lowest BCUT2D eigenvalue weighted by Gasteiger charge is -2.37. The highest BCUT2D eigenvalue weighted by Crippen LogP contribution is 2.18. The second kappa shape index (κ2) is 59.9. The van der Waals surface area contributed by atoms with Crippen LogP contribution in [0.4, 0.5) is 0 Å².